The molecule has 2 nitrogen and oxygen atoms in total. The molecular formula is C17H26N2. The Morgan fingerprint density at radius 2 is 2.16 bits per heavy atom. The highest BCUT2D eigenvalue weighted by Crippen LogP contribution is 2.50. The van der Waals surface area contributed by atoms with Crippen molar-refractivity contribution in [1.82, 2.24) is 5.32 Å². The third-order valence-electron chi connectivity index (χ3n) is 4.93. The van der Waals surface area contributed by atoms with Crippen LogP contribution in [0.3, 0.4) is 0 Å². The average molecular weight is 258 g/mol. The lowest BCUT2D eigenvalue weighted by Crippen LogP contribution is -2.25. The molecular weight excluding hydrogens is 232 g/mol. The van der Waals surface area contributed by atoms with Crippen LogP contribution in [0.5, 0.6) is 0 Å². The molecule has 1 aliphatic heterocycles. The summed E-state index contributed by atoms with van der Waals surface area (Å²) in [5.74, 6) is 0.885. The Kier molecular flexibility index (Phi) is 3.30. The van der Waals surface area contributed by atoms with Gasteiger partial charge in [-0.1, -0.05) is 26.0 Å². The number of anilines is 1. The van der Waals surface area contributed by atoms with Crippen LogP contribution in [0.2, 0.25) is 0 Å². The van der Waals surface area contributed by atoms with Crippen molar-refractivity contribution in [2.75, 3.05) is 25.0 Å². The van der Waals surface area contributed by atoms with Gasteiger partial charge in [-0.2, -0.15) is 0 Å². The molecule has 1 N–H and O–H groups in total. The van der Waals surface area contributed by atoms with Gasteiger partial charge in [0.1, 0.15) is 0 Å². The molecule has 0 spiro atoms. The SMILES string of the molecule is CN1CCCc2cc(CNCC3CC3(C)C)ccc21. The molecule has 1 aliphatic carbocycles. The summed E-state index contributed by atoms with van der Waals surface area (Å²) in [6.45, 7) is 8.12. The maximum atomic E-state index is 3.62. The second kappa shape index (κ2) is 4.82. The predicted molar refractivity (Wildman–Crippen MR) is 81.6 cm³/mol. The number of rotatable bonds is 4. The molecule has 0 amide bonds. The Balaban J connectivity index is 1.57. The van der Waals surface area contributed by atoms with Crippen LogP contribution in [0.15, 0.2) is 18.2 Å². The third-order valence-corrected chi connectivity index (χ3v) is 4.93. The number of benzene rings is 1. The highest BCUT2D eigenvalue weighted by atomic mass is 15.1. The quantitative estimate of drug-likeness (QED) is 0.892. The van der Waals surface area contributed by atoms with Crippen LogP contribution >= 0.6 is 0 Å². The van der Waals surface area contributed by atoms with Crippen LogP contribution < -0.4 is 10.2 Å². The van der Waals surface area contributed by atoms with Crippen molar-refractivity contribution in [3.63, 3.8) is 0 Å². The molecule has 0 saturated heterocycles. The molecule has 1 heterocycles. The summed E-state index contributed by atoms with van der Waals surface area (Å²) in [5.41, 5.74) is 4.98. The van der Waals surface area contributed by atoms with Crippen LogP contribution in [0, 0.1) is 11.3 Å². The smallest absolute Gasteiger partial charge is 0.0396 e. The van der Waals surface area contributed by atoms with Crippen molar-refractivity contribution in [3.05, 3.63) is 29.3 Å². The Hall–Kier alpha value is -1.02. The van der Waals surface area contributed by atoms with Crippen LogP contribution in [-0.4, -0.2) is 20.1 Å². The van der Waals surface area contributed by atoms with E-state index < -0.39 is 0 Å². The zero-order valence-corrected chi connectivity index (χ0v) is 12.5. The maximum Gasteiger partial charge on any atom is 0.0396 e. The van der Waals surface area contributed by atoms with Crippen LogP contribution in [0.4, 0.5) is 5.69 Å². The summed E-state index contributed by atoms with van der Waals surface area (Å²) in [4.78, 5) is 2.38. The Bertz CT molecular complexity index is 464. The minimum atomic E-state index is 0.589. The molecule has 1 aromatic rings. The van der Waals surface area contributed by atoms with Gasteiger partial charge in [0.05, 0.1) is 0 Å². The van der Waals surface area contributed by atoms with E-state index in [-0.39, 0.29) is 0 Å². The zero-order valence-electron chi connectivity index (χ0n) is 12.5. The topological polar surface area (TPSA) is 15.3 Å². The summed E-state index contributed by atoms with van der Waals surface area (Å²) in [7, 11) is 2.20. The van der Waals surface area contributed by atoms with Gasteiger partial charge in [-0.15, -0.1) is 0 Å². The molecule has 1 unspecified atom stereocenters. The Morgan fingerprint density at radius 3 is 2.89 bits per heavy atom. The summed E-state index contributed by atoms with van der Waals surface area (Å²) in [5, 5.41) is 3.62. The van der Waals surface area contributed by atoms with E-state index in [2.05, 4.69) is 49.3 Å². The molecule has 0 radical (unpaired) electrons. The number of hydrogen-bond donors (Lipinski definition) is 1. The van der Waals surface area contributed by atoms with Gasteiger partial charge in [0, 0.05) is 25.8 Å². The molecule has 19 heavy (non-hydrogen) atoms. The molecule has 0 aromatic heterocycles. The summed E-state index contributed by atoms with van der Waals surface area (Å²) in [6.07, 6.45) is 3.91. The first-order valence-electron chi connectivity index (χ1n) is 7.60. The Morgan fingerprint density at radius 1 is 1.37 bits per heavy atom. The van der Waals surface area contributed by atoms with E-state index in [4.69, 9.17) is 0 Å². The van der Waals surface area contributed by atoms with Gasteiger partial charge in [-0.05, 0) is 54.3 Å². The van der Waals surface area contributed by atoms with Crippen molar-refractivity contribution in [1.29, 1.82) is 0 Å². The van der Waals surface area contributed by atoms with Gasteiger partial charge >= 0.3 is 0 Å². The fourth-order valence-corrected chi connectivity index (χ4v) is 3.26. The predicted octanol–water partition coefficient (Wildman–Crippen LogP) is 3.20. The van der Waals surface area contributed by atoms with Crippen molar-refractivity contribution in [2.24, 2.45) is 11.3 Å². The van der Waals surface area contributed by atoms with E-state index >= 15 is 0 Å². The number of nitrogens with zero attached hydrogens (tertiary/aromatic N) is 1. The largest absolute Gasteiger partial charge is 0.374 e. The fourth-order valence-electron chi connectivity index (χ4n) is 3.26. The summed E-state index contributed by atoms with van der Waals surface area (Å²) < 4.78 is 0. The molecule has 104 valence electrons. The fraction of sp³-hybridized carbons (Fsp3) is 0.647. The number of nitrogens with one attached hydrogen (secondary N) is 1. The molecule has 3 rings (SSSR count). The van der Waals surface area contributed by atoms with Gasteiger partial charge < -0.3 is 10.2 Å². The van der Waals surface area contributed by atoms with Gasteiger partial charge in [0.2, 0.25) is 0 Å². The summed E-state index contributed by atoms with van der Waals surface area (Å²) >= 11 is 0. The van der Waals surface area contributed by atoms with Gasteiger partial charge in [-0.25, -0.2) is 0 Å². The lowest BCUT2D eigenvalue weighted by atomic mass is 9.99. The van der Waals surface area contributed by atoms with Crippen molar-refractivity contribution < 1.29 is 0 Å². The molecule has 0 bridgehead atoms. The first-order chi connectivity index (χ1) is 9.06. The van der Waals surface area contributed by atoms with Gasteiger partial charge in [-0.3, -0.25) is 0 Å². The molecule has 2 aliphatic rings. The molecule has 1 fully saturated rings. The van der Waals surface area contributed by atoms with Crippen LogP contribution in [0.25, 0.3) is 0 Å². The monoisotopic (exact) mass is 258 g/mol. The number of aryl methyl sites for hydroxylation is 1. The highest BCUT2D eigenvalue weighted by Gasteiger charge is 2.44. The highest BCUT2D eigenvalue weighted by molar-refractivity contribution is 5.56. The van der Waals surface area contributed by atoms with Crippen LogP contribution in [-0.2, 0) is 13.0 Å². The molecule has 2 heteroatoms. The minimum absolute atomic E-state index is 0.589. The normalized spacial score (nSPS) is 24.2. The van der Waals surface area contributed by atoms with Crippen molar-refractivity contribution in [2.45, 2.75) is 39.7 Å². The van der Waals surface area contributed by atoms with E-state index in [0.717, 1.165) is 12.5 Å². The molecule has 1 atom stereocenters. The summed E-state index contributed by atoms with van der Waals surface area (Å²) in [6, 6.07) is 6.98. The van der Waals surface area contributed by atoms with Gasteiger partial charge in [0.25, 0.3) is 0 Å². The Labute approximate surface area is 117 Å². The molecule has 1 aromatic carbocycles. The first-order valence-corrected chi connectivity index (χ1v) is 7.60. The standard InChI is InChI=1S/C17H26N2/c1-17(2)10-15(17)12-18-11-13-6-7-16-14(9-13)5-4-8-19(16)3/h6-7,9,15,18H,4-5,8,10-12H2,1-3H3. The maximum absolute atomic E-state index is 3.62. The van der Waals surface area contributed by atoms with E-state index in [1.807, 2.05) is 0 Å². The van der Waals surface area contributed by atoms with Crippen LogP contribution in [0.1, 0.15) is 37.8 Å². The van der Waals surface area contributed by atoms with E-state index in [9.17, 15) is 0 Å². The van der Waals surface area contributed by atoms with Gasteiger partial charge in [0.15, 0.2) is 0 Å². The van der Waals surface area contributed by atoms with E-state index in [0.29, 0.717) is 5.41 Å². The lowest BCUT2D eigenvalue weighted by molar-refractivity contribution is 0.519. The lowest BCUT2D eigenvalue weighted by Gasteiger charge is -2.27. The minimum Gasteiger partial charge on any atom is -0.374 e. The van der Waals surface area contributed by atoms with E-state index in [1.165, 1.54) is 49.2 Å². The second-order valence-electron chi connectivity index (χ2n) is 7.01. The third kappa shape index (κ3) is 2.79. The first kappa shape index (κ1) is 13.0. The number of fused-ring (bicyclic) bond motifs is 1. The van der Waals surface area contributed by atoms with Crippen molar-refractivity contribution in [3.8, 4) is 0 Å². The molecule has 1 saturated carbocycles. The zero-order chi connectivity index (χ0) is 13.5. The second-order valence-corrected chi connectivity index (χ2v) is 7.01. The number of hydrogen-bond acceptors (Lipinski definition) is 2. The van der Waals surface area contributed by atoms with E-state index in [1.54, 1.807) is 0 Å². The van der Waals surface area contributed by atoms with Crippen molar-refractivity contribution >= 4 is 5.69 Å². The average Bonchev–Trinajstić information content (AvgIpc) is 2.97.